The first-order valence-electron chi connectivity index (χ1n) is 15.0. The van der Waals surface area contributed by atoms with Crippen molar-refractivity contribution in [3.05, 3.63) is 84.1 Å². The van der Waals surface area contributed by atoms with E-state index in [1.54, 1.807) is 42.4 Å². The Labute approximate surface area is 259 Å². The van der Waals surface area contributed by atoms with Gasteiger partial charge in [0.15, 0.2) is 21.3 Å². The average Bonchev–Trinajstić information content (AvgIpc) is 2.95. The van der Waals surface area contributed by atoms with E-state index in [2.05, 4.69) is 10.3 Å². The number of hydrogen-bond donors (Lipinski definition) is 2. The zero-order valence-electron chi connectivity index (χ0n) is 25.6. The van der Waals surface area contributed by atoms with Crippen molar-refractivity contribution in [3.63, 3.8) is 0 Å². The van der Waals surface area contributed by atoms with Crippen LogP contribution < -0.4 is 20.5 Å². The number of nitrogen functional groups attached to an aromatic ring is 1. The van der Waals surface area contributed by atoms with Gasteiger partial charge in [0.1, 0.15) is 11.9 Å². The maximum atomic E-state index is 14.3. The number of hydrogen-bond acceptors (Lipinski definition) is 8. The Morgan fingerprint density at radius 1 is 1.07 bits per heavy atom. The molecule has 0 radical (unpaired) electrons. The third kappa shape index (κ3) is 6.60. The molecule has 1 heterocycles. The zero-order valence-corrected chi connectivity index (χ0v) is 26.4. The molecule has 232 valence electrons. The van der Waals surface area contributed by atoms with Crippen LogP contribution in [-0.2, 0) is 21.2 Å². The Morgan fingerprint density at radius 3 is 2.55 bits per heavy atom. The van der Waals surface area contributed by atoms with E-state index in [-0.39, 0.29) is 23.8 Å². The molecule has 4 aromatic rings. The van der Waals surface area contributed by atoms with Crippen molar-refractivity contribution in [2.24, 2.45) is 0 Å². The second kappa shape index (κ2) is 13.1. The lowest BCUT2D eigenvalue weighted by atomic mass is 10.00. The fourth-order valence-corrected chi connectivity index (χ4v) is 7.48. The Hall–Kier alpha value is -4.31. The van der Waals surface area contributed by atoms with E-state index in [4.69, 9.17) is 15.2 Å². The monoisotopic (exact) mass is 616 g/mol. The number of rotatable bonds is 12. The average molecular weight is 617 g/mol. The number of pyridine rings is 1. The largest absolute Gasteiger partial charge is 0.490 e. The predicted octanol–water partition coefficient (Wildman–Crippen LogP) is 6.14. The molecule has 3 aromatic carbocycles. The van der Waals surface area contributed by atoms with Gasteiger partial charge in [0.2, 0.25) is 5.91 Å². The Bertz CT molecular complexity index is 1750. The first-order chi connectivity index (χ1) is 21.1. The highest BCUT2D eigenvalue weighted by molar-refractivity contribution is 7.92. The fraction of sp³-hybridized carbons (Fsp3) is 0.353. The van der Waals surface area contributed by atoms with Crippen LogP contribution in [0, 0.1) is 0 Å². The number of anilines is 2. The third-order valence-corrected chi connectivity index (χ3v) is 10.2. The number of fused-ring (bicyclic) bond motifs is 1. The molecule has 44 heavy (non-hydrogen) atoms. The Morgan fingerprint density at radius 2 is 1.84 bits per heavy atom. The van der Waals surface area contributed by atoms with Crippen LogP contribution in [0.5, 0.6) is 11.5 Å². The molecule has 5 rings (SSSR count). The van der Waals surface area contributed by atoms with Gasteiger partial charge in [-0.05, 0) is 92.6 Å². The van der Waals surface area contributed by atoms with E-state index in [0.29, 0.717) is 58.5 Å². The number of likely N-dealkylation sites (N-methyl/N-ethyl adjacent to an activating group) is 1. The van der Waals surface area contributed by atoms with E-state index >= 15 is 0 Å². The molecule has 0 spiro atoms. The van der Waals surface area contributed by atoms with Crippen LogP contribution in [0.1, 0.15) is 57.2 Å². The smallest absolute Gasteiger partial charge is 0.249 e. The van der Waals surface area contributed by atoms with Crippen LogP contribution in [0.25, 0.3) is 10.8 Å². The fourth-order valence-electron chi connectivity index (χ4n) is 5.40. The van der Waals surface area contributed by atoms with Crippen molar-refractivity contribution in [1.29, 1.82) is 0 Å². The minimum atomic E-state index is -3.48. The van der Waals surface area contributed by atoms with Crippen molar-refractivity contribution < 1.29 is 22.7 Å². The minimum absolute atomic E-state index is 0.0578. The van der Waals surface area contributed by atoms with Crippen molar-refractivity contribution in [2.75, 3.05) is 24.7 Å². The molecule has 0 unspecified atom stereocenters. The molecule has 1 amide bonds. The van der Waals surface area contributed by atoms with E-state index in [9.17, 15) is 13.2 Å². The summed E-state index contributed by atoms with van der Waals surface area (Å²) in [5, 5.41) is 4.75. The second-order valence-electron chi connectivity index (χ2n) is 11.4. The molecule has 1 atom stereocenters. The summed E-state index contributed by atoms with van der Waals surface area (Å²) in [7, 11) is -1.78. The molecule has 1 aromatic heterocycles. The number of nitrogens with one attached hydrogen (secondary N) is 1. The topological polar surface area (TPSA) is 124 Å². The summed E-state index contributed by atoms with van der Waals surface area (Å²) in [6.45, 7) is 6.34. The third-order valence-electron chi connectivity index (χ3n) is 7.87. The number of benzene rings is 3. The van der Waals surface area contributed by atoms with Crippen LogP contribution in [-0.4, -0.2) is 49.2 Å². The highest BCUT2D eigenvalue weighted by Crippen LogP contribution is 2.35. The van der Waals surface area contributed by atoms with Crippen LogP contribution in [0.15, 0.2) is 77.8 Å². The van der Waals surface area contributed by atoms with Gasteiger partial charge in [-0.15, -0.1) is 0 Å². The highest BCUT2D eigenvalue weighted by atomic mass is 32.2. The van der Waals surface area contributed by atoms with Gasteiger partial charge in [0.25, 0.3) is 0 Å². The van der Waals surface area contributed by atoms with Crippen LogP contribution in [0.2, 0.25) is 0 Å². The van der Waals surface area contributed by atoms with Crippen LogP contribution >= 0.6 is 0 Å². The number of carbonyl (C=O) groups excluding carboxylic acids is 1. The minimum Gasteiger partial charge on any atom is -0.490 e. The first kappa shape index (κ1) is 31.1. The molecule has 1 saturated carbocycles. The second-order valence-corrected chi connectivity index (χ2v) is 13.6. The quantitative estimate of drug-likeness (QED) is 0.195. The van der Waals surface area contributed by atoms with Gasteiger partial charge in [0, 0.05) is 30.9 Å². The summed E-state index contributed by atoms with van der Waals surface area (Å²) in [6.07, 6.45) is 3.85. The molecule has 1 aliphatic rings. The zero-order chi connectivity index (χ0) is 31.4. The molecule has 0 saturated heterocycles. The maximum absolute atomic E-state index is 14.3. The van der Waals surface area contributed by atoms with Gasteiger partial charge < -0.3 is 25.4 Å². The summed E-state index contributed by atoms with van der Waals surface area (Å²) in [5.41, 5.74) is 8.05. The molecule has 10 heteroatoms. The molecule has 3 N–H and O–H groups in total. The number of aromatic nitrogens is 1. The van der Waals surface area contributed by atoms with Crippen molar-refractivity contribution in [1.82, 2.24) is 9.88 Å². The molecule has 0 bridgehead atoms. The van der Waals surface area contributed by atoms with Crippen molar-refractivity contribution in [2.45, 2.75) is 68.9 Å². The number of nitrogens with zero attached hydrogens (tertiary/aromatic N) is 2. The summed E-state index contributed by atoms with van der Waals surface area (Å²) in [6, 6.07) is 19.2. The number of carbonyl (C=O) groups is 1. The van der Waals surface area contributed by atoms with Crippen molar-refractivity contribution in [3.8, 4) is 11.5 Å². The number of sulfone groups is 1. The summed E-state index contributed by atoms with van der Waals surface area (Å²) >= 11 is 0. The summed E-state index contributed by atoms with van der Waals surface area (Å²) in [4.78, 5) is 20.3. The highest BCUT2D eigenvalue weighted by Gasteiger charge is 2.34. The van der Waals surface area contributed by atoms with Crippen molar-refractivity contribution >= 4 is 38.0 Å². The van der Waals surface area contributed by atoms with Gasteiger partial charge in [-0.2, -0.15) is 0 Å². The maximum Gasteiger partial charge on any atom is 0.249 e. The van der Waals surface area contributed by atoms with Gasteiger partial charge in [-0.1, -0.05) is 30.7 Å². The lowest BCUT2D eigenvalue weighted by Gasteiger charge is -2.29. The molecular weight excluding hydrogens is 576 g/mol. The number of amides is 1. The molecule has 1 fully saturated rings. The molecule has 0 aliphatic heterocycles. The summed E-state index contributed by atoms with van der Waals surface area (Å²) in [5.74, 6) is 1.32. The normalized spacial score (nSPS) is 14.2. The van der Waals surface area contributed by atoms with E-state index in [1.807, 2.05) is 63.2 Å². The summed E-state index contributed by atoms with van der Waals surface area (Å²) < 4.78 is 38.6. The van der Waals surface area contributed by atoms with Crippen LogP contribution in [0.3, 0.4) is 0 Å². The first-order valence-corrected chi connectivity index (χ1v) is 16.5. The SMILES string of the molecule is CCOc1cc([C@@H](Nc2ccc3c(N)nccc3c2)C(=O)N(C)Cc2ccccc2S(=O)(=O)C2CCC2)ccc1OC(C)C. The Balaban J connectivity index is 1.50. The lowest BCUT2D eigenvalue weighted by molar-refractivity contribution is -0.131. The van der Waals surface area contributed by atoms with E-state index < -0.39 is 15.9 Å². The number of ether oxygens (including phenoxy) is 2. The van der Waals surface area contributed by atoms with Gasteiger partial charge in [0.05, 0.1) is 22.9 Å². The van der Waals surface area contributed by atoms with Gasteiger partial charge in [-0.25, -0.2) is 13.4 Å². The van der Waals surface area contributed by atoms with Gasteiger partial charge >= 0.3 is 0 Å². The molecular formula is C34H40N4O5S. The van der Waals surface area contributed by atoms with E-state index in [0.717, 1.165) is 17.2 Å². The molecule has 1 aliphatic carbocycles. The van der Waals surface area contributed by atoms with Gasteiger partial charge in [-0.3, -0.25) is 4.79 Å². The van der Waals surface area contributed by atoms with Crippen LogP contribution in [0.4, 0.5) is 11.5 Å². The lowest BCUT2D eigenvalue weighted by Crippen LogP contribution is -2.36. The molecule has 9 nitrogen and oxygen atoms in total. The van der Waals surface area contributed by atoms with E-state index in [1.165, 1.54) is 0 Å². The standard InChI is InChI=1S/C34H40N4O5S/c1-5-42-30-20-24(13-16-29(30)43-22(2)3)32(37-26-14-15-28-23(19-26)17-18-36-33(28)35)34(39)38(4)21-25-9-6-7-12-31(25)44(40,41)27-10-8-11-27/h6-7,9,12-20,22,27,32,37H,5,8,10-11,21H2,1-4H3,(H2,35,36)/t32-/m1/s1. The number of nitrogens with two attached hydrogens (primary N) is 1. The predicted molar refractivity (Wildman–Crippen MR) is 174 cm³/mol. The Kier molecular flexibility index (Phi) is 9.29.